The van der Waals surface area contributed by atoms with Gasteiger partial charge in [0.2, 0.25) is 0 Å². The Labute approximate surface area is 809 Å². The normalized spacial score (nSPS) is 12.3. The first-order valence-electron chi connectivity index (χ1n) is 48.0. The van der Waals surface area contributed by atoms with Crippen LogP contribution in [-0.2, 0) is 0 Å². The van der Waals surface area contributed by atoms with Gasteiger partial charge in [-0.25, -0.2) is 29.9 Å². The van der Waals surface area contributed by atoms with Crippen LogP contribution in [-0.4, -0.2) is 48.2 Å². The Morgan fingerprint density at radius 1 is 0.170 bits per heavy atom. The third-order valence-electron chi connectivity index (χ3n) is 29.8. The molecule has 0 N–H and O–H groups in total. The van der Waals surface area contributed by atoms with Gasteiger partial charge in [-0.1, -0.05) is 315 Å². The van der Waals surface area contributed by atoms with E-state index in [1.807, 2.05) is 41.7 Å². The number of aromatic nitrogens is 10. The topological polar surface area (TPSA) is 97.1 Å². The Balaban J connectivity index is 0.0000000977. The van der Waals surface area contributed by atoms with Gasteiger partial charge in [0.1, 0.15) is 17.5 Å². The highest BCUT2D eigenvalue weighted by atomic mass is 32.1. The van der Waals surface area contributed by atoms with Gasteiger partial charge in [0.15, 0.2) is 0 Å². The highest BCUT2D eigenvalue weighted by Crippen LogP contribution is 2.59. The summed E-state index contributed by atoms with van der Waals surface area (Å²) < 4.78 is 12.2. The maximum atomic E-state index is 5.34. The van der Waals surface area contributed by atoms with Crippen LogP contribution in [0.2, 0.25) is 0 Å². The first-order valence-corrected chi connectivity index (χ1v) is 48.9. The predicted molar refractivity (Wildman–Crippen MR) is 588 cm³/mol. The van der Waals surface area contributed by atoms with E-state index in [9.17, 15) is 0 Å². The van der Waals surface area contributed by atoms with Crippen molar-refractivity contribution in [2.75, 3.05) is 0 Å². The summed E-state index contributed by atoms with van der Waals surface area (Å²) in [5, 5.41) is 23.0. The van der Waals surface area contributed by atoms with Crippen molar-refractivity contribution in [3.8, 4) is 124 Å². The first kappa shape index (κ1) is 77.6. The summed E-state index contributed by atoms with van der Waals surface area (Å²) in [7, 11) is 0. The summed E-state index contributed by atoms with van der Waals surface area (Å²) >= 11 is 1.88. The van der Waals surface area contributed by atoms with Gasteiger partial charge in [0.25, 0.3) is 0 Å². The van der Waals surface area contributed by atoms with E-state index in [1.54, 1.807) is 0 Å². The van der Waals surface area contributed by atoms with Crippen molar-refractivity contribution >= 4 is 195 Å². The molecule has 30 aromatic rings. The Hall–Kier alpha value is -18.7. The molecule has 0 saturated heterocycles. The average molecular weight is 1810 g/mol. The van der Waals surface area contributed by atoms with Crippen LogP contribution in [0.4, 0.5) is 0 Å². The van der Waals surface area contributed by atoms with E-state index in [1.165, 1.54) is 206 Å². The van der Waals surface area contributed by atoms with Crippen molar-refractivity contribution in [2.45, 2.75) is 0 Å². The van der Waals surface area contributed by atoms with Gasteiger partial charge in [-0.2, -0.15) is 0 Å². The molecule has 650 valence electrons. The molecule has 0 bridgehead atoms. The highest BCUT2D eigenvalue weighted by molar-refractivity contribution is 7.26. The standard InChI is InChI=1S/C48H28N4.C42H23N3S.C40H23N3/c1-3-12-29(13-4-1)36-23-24-38-37(49-36)25-27-43(50-38)52-40-26-22-30-14-11-20-33-32-17-7-8-18-34(32)46-45-35-19-9-10-21-39(35)51(31-15-5-2-6-16-31)41(45)28-42(52)48(46)47(40)44(30)33;1-2-9-24(10-3-1)30-18-19-32-31(43-30)20-22-37(44-32)45-33-21-17-25-11-8-15-27-26-12-4-5-13-28(26)40-39-29-14-6-7-16-35(29)46-36(39)23-34(45)42(40)41(33)38(25)27;1-2-9-24(10-3-1)32-18-19-34-33(41-32)20-22-36(42-34)43-35-21-17-25-12-8-16-30-28-14-6-7-15-29(28)31-23-26-11-4-5-13-27(26)40(43)38(31)39(35)37(25)30/h1-28H;1-23H;1-23H. The van der Waals surface area contributed by atoms with E-state index >= 15 is 0 Å². The van der Waals surface area contributed by atoms with E-state index in [0.717, 1.165) is 101 Å². The lowest BCUT2D eigenvalue weighted by atomic mass is 9.91. The smallest absolute Gasteiger partial charge is 0.138 e. The van der Waals surface area contributed by atoms with Gasteiger partial charge >= 0.3 is 0 Å². The molecule has 3 aliphatic rings. The molecule has 0 amide bonds. The number of nitrogens with zero attached hydrogens (tertiary/aromatic N) is 10. The van der Waals surface area contributed by atoms with E-state index in [2.05, 4.69) is 437 Å². The number of hydrogen-bond acceptors (Lipinski definition) is 7. The van der Waals surface area contributed by atoms with Gasteiger partial charge in [0.05, 0.1) is 94.3 Å². The van der Waals surface area contributed by atoms with Crippen molar-refractivity contribution in [3.63, 3.8) is 0 Å². The van der Waals surface area contributed by atoms with Gasteiger partial charge in [-0.05, 0) is 227 Å². The largest absolute Gasteiger partial charge is 0.309 e. The second kappa shape index (κ2) is 29.9. The molecule has 0 spiro atoms. The second-order valence-electron chi connectivity index (χ2n) is 37.3. The predicted octanol–water partition coefficient (Wildman–Crippen LogP) is 34.2. The number of benzene rings is 19. The number of para-hydroxylation sites is 2. The Morgan fingerprint density at radius 3 is 1.04 bits per heavy atom. The highest BCUT2D eigenvalue weighted by Gasteiger charge is 2.34. The third kappa shape index (κ3) is 11.3. The monoisotopic (exact) mass is 1810 g/mol. The number of pyridine rings is 6. The lowest BCUT2D eigenvalue weighted by Crippen LogP contribution is -2.00. The molecule has 11 aromatic heterocycles. The number of rotatable bonds is 7. The third-order valence-corrected chi connectivity index (χ3v) is 31.0. The van der Waals surface area contributed by atoms with Crippen LogP contribution in [0.25, 0.3) is 307 Å². The zero-order chi connectivity index (χ0) is 91.9. The molecule has 3 aliphatic carbocycles. The minimum absolute atomic E-state index is 0.866. The molecule has 141 heavy (non-hydrogen) atoms. The Morgan fingerprint density at radius 2 is 0.532 bits per heavy atom. The molecule has 11 heterocycles. The molecule has 0 saturated carbocycles. The fraction of sp³-hybridized carbons (Fsp3) is 0. The van der Waals surface area contributed by atoms with E-state index in [-0.39, 0.29) is 0 Å². The summed E-state index contributed by atoms with van der Waals surface area (Å²) in [6, 6.07) is 161. The van der Waals surface area contributed by atoms with Gasteiger partial charge in [-0.3, -0.25) is 13.7 Å². The number of fused-ring (bicyclic) bond motifs is 22. The molecule has 0 aliphatic heterocycles. The van der Waals surface area contributed by atoms with Crippen LogP contribution in [0.3, 0.4) is 0 Å². The van der Waals surface area contributed by atoms with Crippen molar-refractivity contribution in [2.24, 2.45) is 0 Å². The molecule has 19 aromatic carbocycles. The summed E-state index contributed by atoms with van der Waals surface area (Å²) in [5.74, 6) is 2.67. The second-order valence-corrected chi connectivity index (χ2v) is 38.3. The maximum Gasteiger partial charge on any atom is 0.138 e. The molecule has 0 radical (unpaired) electrons. The van der Waals surface area contributed by atoms with Gasteiger partial charge in [0, 0.05) is 102 Å². The summed E-state index contributed by atoms with van der Waals surface area (Å²) in [4.78, 5) is 30.9. The van der Waals surface area contributed by atoms with Crippen LogP contribution in [0.15, 0.2) is 449 Å². The van der Waals surface area contributed by atoms with E-state index in [0.29, 0.717) is 0 Å². The average Bonchev–Trinajstić information content (AvgIpc) is 1.52. The Kier molecular flexibility index (Phi) is 16.5. The zero-order valence-corrected chi connectivity index (χ0v) is 76.4. The molecule has 0 atom stereocenters. The first-order chi connectivity index (χ1) is 70.0. The molecule has 0 unspecified atom stereocenters. The van der Waals surface area contributed by atoms with Crippen molar-refractivity contribution in [1.29, 1.82) is 0 Å². The quantitative estimate of drug-likeness (QED) is 0.158. The number of thiophene rings is 1. The van der Waals surface area contributed by atoms with Crippen molar-refractivity contribution in [1.82, 2.24) is 48.2 Å². The van der Waals surface area contributed by atoms with E-state index in [4.69, 9.17) is 29.9 Å². The summed E-state index contributed by atoms with van der Waals surface area (Å²) in [6.07, 6.45) is 0. The van der Waals surface area contributed by atoms with Gasteiger partial charge in [-0.15, -0.1) is 11.3 Å². The Bertz CT molecular complexity index is 10700. The fourth-order valence-electron chi connectivity index (χ4n) is 24.0. The summed E-state index contributed by atoms with van der Waals surface area (Å²) in [6.45, 7) is 0. The van der Waals surface area contributed by atoms with Crippen LogP contribution in [0, 0.1) is 0 Å². The zero-order valence-electron chi connectivity index (χ0n) is 75.6. The van der Waals surface area contributed by atoms with Crippen molar-refractivity contribution in [3.05, 3.63) is 449 Å². The van der Waals surface area contributed by atoms with Crippen LogP contribution in [0.1, 0.15) is 0 Å². The molecule has 0 fully saturated rings. The summed E-state index contributed by atoms with van der Waals surface area (Å²) in [5.41, 5.74) is 37.3. The van der Waals surface area contributed by atoms with E-state index < -0.39 is 0 Å². The SMILES string of the molecule is c1ccc(-c2ccc3nc(-n4c5cc6c(c7c5c5c8c(cccc8ccc54)-c4ccccc4-7)c4ccccc4n6-c4ccccc4)ccc3n2)cc1.c1ccc(-c2ccc3nc(-n4c5cc6sc7ccccc7c6c6c5c5c7c(cccc7ccc54)-c4ccccc4-6)ccc3n2)cc1.c1ccc(-c2ccc3nc(-n4c5ccc6cccc7c6c5c5c(cc6ccccc6c54)-c4ccccc4-7)ccc3n2)cc1. The molecular formula is C130H74N10S. The molecule has 11 heteroatoms. The minimum Gasteiger partial charge on any atom is -0.309 e. The van der Waals surface area contributed by atoms with Crippen LogP contribution >= 0.6 is 11.3 Å². The van der Waals surface area contributed by atoms with Gasteiger partial charge < -0.3 is 4.57 Å². The number of hydrogen-bond donors (Lipinski definition) is 0. The lowest BCUT2D eigenvalue weighted by Gasteiger charge is -2.15. The van der Waals surface area contributed by atoms with Crippen LogP contribution in [0.5, 0.6) is 0 Å². The van der Waals surface area contributed by atoms with Crippen molar-refractivity contribution < 1.29 is 0 Å². The fourth-order valence-corrected chi connectivity index (χ4v) is 25.1. The molecule has 33 rings (SSSR count). The van der Waals surface area contributed by atoms with Crippen LogP contribution < -0.4 is 0 Å². The molecular weight excluding hydrogens is 1730 g/mol. The maximum absolute atomic E-state index is 5.34. The molecule has 10 nitrogen and oxygen atoms in total. The minimum atomic E-state index is 0.866. The lowest BCUT2D eigenvalue weighted by molar-refractivity contribution is 1.10.